The van der Waals surface area contributed by atoms with Crippen molar-refractivity contribution >= 4 is 5.96 Å². The van der Waals surface area contributed by atoms with Gasteiger partial charge < -0.3 is 15.1 Å². The Balaban J connectivity index is 1.79. The Morgan fingerprint density at radius 1 is 1.16 bits per heavy atom. The number of nitrogens with zero attached hydrogens (tertiary/aromatic N) is 4. The molecule has 0 bridgehead atoms. The number of piperidine rings is 1. The molecule has 2 unspecified atom stereocenters. The second-order valence-corrected chi connectivity index (χ2v) is 8.20. The van der Waals surface area contributed by atoms with Crippen molar-refractivity contribution in [3.05, 3.63) is 0 Å². The Labute approximate surface area is 155 Å². The molecule has 2 fully saturated rings. The zero-order valence-electron chi connectivity index (χ0n) is 17.3. The van der Waals surface area contributed by atoms with E-state index in [1.54, 1.807) is 0 Å². The predicted octanol–water partition coefficient (Wildman–Crippen LogP) is 2.35. The van der Waals surface area contributed by atoms with Crippen LogP contribution in [0, 0.1) is 11.8 Å². The summed E-state index contributed by atoms with van der Waals surface area (Å²) in [5.41, 5.74) is 0. The number of aliphatic imine (C=N–C) groups is 1. The third kappa shape index (κ3) is 6.14. The minimum atomic E-state index is 0.685. The monoisotopic (exact) mass is 351 g/mol. The molecule has 0 amide bonds. The van der Waals surface area contributed by atoms with Crippen LogP contribution < -0.4 is 5.32 Å². The van der Waals surface area contributed by atoms with Gasteiger partial charge in [0.1, 0.15) is 0 Å². The highest BCUT2D eigenvalue weighted by atomic mass is 15.3. The average molecular weight is 352 g/mol. The molecular weight excluding hydrogens is 310 g/mol. The standard InChI is InChI=1S/C20H41N5/c1-6-24(7-2)19-10-12-25(16-19)20(21-5)22-13-18-9-8-11-23(15-18)14-17(3)4/h17-19H,6-16H2,1-5H3,(H,21,22). The van der Waals surface area contributed by atoms with E-state index in [4.69, 9.17) is 0 Å². The summed E-state index contributed by atoms with van der Waals surface area (Å²) >= 11 is 0. The number of likely N-dealkylation sites (tertiary alicyclic amines) is 2. The Morgan fingerprint density at radius 2 is 1.92 bits per heavy atom. The van der Waals surface area contributed by atoms with Crippen molar-refractivity contribution in [1.29, 1.82) is 0 Å². The smallest absolute Gasteiger partial charge is 0.193 e. The van der Waals surface area contributed by atoms with E-state index < -0.39 is 0 Å². The zero-order valence-corrected chi connectivity index (χ0v) is 17.3. The second-order valence-electron chi connectivity index (χ2n) is 8.20. The summed E-state index contributed by atoms with van der Waals surface area (Å²) in [6, 6.07) is 0.685. The quantitative estimate of drug-likeness (QED) is 0.564. The maximum absolute atomic E-state index is 4.57. The van der Waals surface area contributed by atoms with E-state index >= 15 is 0 Å². The lowest BCUT2D eigenvalue weighted by atomic mass is 9.97. The molecule has 1 N–H and O–H groups in total. The summed E-state index contributed by atoms with van der Waals surface area (Å²) < 4.78 is 0. The molecular formula is C20H41N5. The minimum Gasteiger partial charge on any atom is -0.356 e. The van der Waals surface area contributed by atoms with Gasteiger partial charge in [-0.15, -0.1) is 0 Å². The van der Waals surface area contributed by atoms with Gasteiger partial charge >= 0.3 is 0 Å². The largest absolute Gasteiger partial charge is 0.356 e. The summed E-state index contributed by atoms with van der Waals surface area (Å²) in [6.45, 7) is 18.5. The van der Waals surface area contributed by atoms with Crippen molar-refractivity contribution in [2.45, 2.75) is 53.0 Å². The van der Waals surface area contributed by atoms with Crippen molar-refractivity contribution in [3.63, 3.8) is 0 Å². The molecule has 0 radical (unpaired) electrons. The first kappa shape index (κ1) is 20.5. The maximum atomic E-state index is 4.57. The van der Waals surface area contributed by atoms with Gasteiger partial charge in [-0.05, 0) is 50.7 Å². The molecule has 0 aromatic rings. The number of rotatable bonds is 7. The summed E-state index contributed by atoms with van der Waals surface area (Å²) in [4.78, 5) is 12.3. The van der Waals surface area contributed by atoms with Gasteiger partial charge in [-0.2, -0.15) is 0 Å². The Hall–Kier alpha value is -0.810. The van der Waals surface area contributed by atoms with Crippen LogP contribution >= 0.6 is 0 Å². The fourth-order valence-electron chi connectivity index (χ4n) is 4.54. The lowest BCUT2D eigenvalue weighted by Gasteiger charge is -2.34. The Bertz CT molecular complexity index is 405. The molecule has 0 aliphatic carbocycles. The molecule has 0 saturated carbocycles. The number of guanidine groups is 1. The molecule has 25 heavy (non-hydrogen) atoms. The third-order valence-electron chi connectivity index (χ3n) is 5.78. The average Bonchev–Trinajstić information content (AvgIpc) is 3.06. The van der Waals surface area contributed by atoms with E-state index in [1.165, 1.54) is 38.9 Å². The van der Waals surface area contributed by atoms with E-state index in [2.05, 4.69) is 52.7 Å². The molecule has 2 aliphatic heterocycles. The van der Waals surface area contributed by atoms with Crippen LogP contribution in [0.1, 0.15) is 47.0 Å². The van der Waals surface area contributed by atoms with E-state index in [9.17, 15) is 0 Å². The predicted molar refractivity (Wildman–Crippen MR) is 108 cm³/mol. The molecule has 0 spiro atoms. The number of hydrogen-bond acceptors (Lipinski definition) is 3. The van der Waals surface area contributed by atoms with Crippen LogP contribution in [0.25, 0.3) is 0 Å². The van der Waals surface area contributed by atoms with Crippen molar-refractivity contribution in [3.8, 4) is 0 Å². The van der Waals surface area contributed by atoms with Gasteiger partial charge in [0.2, 0.25) is 0 Å². The molecule has 2 rings (SSSR count). The fourth-order valence-corrected chi connectivity index (χ4v) is 4.54. The Morgan fingerprint density at radius 3 is 2.56 bits per heavy atom. The lowest BCUT2D eigenvalue weighted by Crippen LogP contribution is -2.47. The van der Waals surface area contributed by atoms with Gasteiger partial charge in [-0.1, -0.05) is 27.7 Å². The van der Waals surface area contributed by atoms with Gasteiger partial charge in [0.05, 0.1) is 0 Å². The summed E-state index contributed by atoms with van der Waals surface area (Å²) in [5, 5.41) is 3.68. The molecule has 2 heterocycles. The van der Waals surface area contributed by atoms with E-state index in [0.717, 1.165) is 50.5 Å². The van der Waals surface area contributed by atoms with Crippen molar-refractivity contribution in [2.75, 3.05) is 59.4 Å². The molecule has 2 saturated heterocycles. The molecule has 5 nitrogen and oxygen atoms in total. The zero-order chi connectivity index (χ0) is 18.2. The first-order valence-corrected chi connectivity index (χ1v) is 10.5. The van der Waals surface area contributed by atoms with Crippen LogP contribution in [0.2, 0.25) is 0 Å². The van der Waals surface area contributed by atoms with E-state index in [0.29, 0.717) is 6.04 Å². The van der Waals surface area contributed by atoms with Crippen LogP contribution in [-0.2, 0) is 0 Å². The molecule has 0 aromatic heterocycles. The van der Waals surface area contributed by atoms with Gasteiger partial charge in [0, 0.05) is 45.8 Å². The Kier molecular flexibility index (Phi) is 8.50. The molecule has 146 valence electrons. The lowest BCUT2D eigenvalue weighted by molar-refractivity contribution is 0.159. The number of hydrogen-bond donors (Lipinski definition) is 1. The van der Waals surface area contributed by atoms with E-state index in [-0.39, 0.29) is 0 Å². The number of nitrogens with one attached hydrogen (secondary N) is 1. The number of likely N-dealkylation sites (N-methyl/N-ethyl adjacent to an activating group) is 1. The first-order chi connectivity index (χ1) is 12.1. The maximum Gasteiger partial charge on any atom is 0.193 e. The van der Waals surface area contributed by atoms with Crippen LogP contribution in [0.5, 0.6) is 0 Å². The first-order valence-electron chi connectivity index (χ1n) is 10.5. The fraction of sp³-hybridized carbons (Fsp3) is 0.950. The molecule has 0 aromatic carbocycles. The van der Waals surface area contributed by atoms with Crippen LogP contribution in [0.4, 0.5) is 0 Å². The minimum absolute atomic E-state index is 0.685. The second kappa shape index (κ2) is 10.4. The van der Waals surface area contributed by atoms with Gasteiger partial charge in [0.15, 0.2) is 5.96 Å². The highest BCUT2D eigenvalue weighted by molar-refractivity contribution is 5.80. The summed E-state index contributed by atoms with van der Waals surface area (Å²) in [6.07, 6.45) is 3.94. The SMILES string of the molecule is CCN(CC)C1CCN(C(=NC)NCC2CCCN(CC(C)C)C2)C1. The molecule has 5 heteroatoms. The van der Waals surface area contributed by atoms with Crippen LogP contribution in [-0.4, -0.2) is 86.1 Å². The topological polar surface area (TPSA) is 34.1 Å². The summed E-state index contributed by atoms with van der Waals surface area (Å²) in [5.74, 6) is 2.63. The third-order valence-corrected chi connectivity index (χ3v) is 5.78. The van der Waals surface area contributed by atoms with Crippen LogP contribution in [0.15, 0.2) is 4.99 Å². The summed E-state index contributed by atoms with van der Waals surface area (Å²) in [7, 11) is 1.93. The van der Waals surface area contributed by atoms with Crippen LogP contribution in [0.3, 0.4) is 0 Å². The van der Waals surface area contributed by atoms with Gasteiger partial charge in [-0.3, -0.25) is 9.89 Å². The normalized spacial score (nSPS) is 26.0. The molecule has 2 aliphatic rings. The van der Waals surface area contributed by atoms with Crippen molar-refractivity contribution in [1.82, 2.24) is 20.0 Å². The van der Waals surface area contributed by atoms with Crippen molar-refractivity contribution in [2.24, 2.45) is 16.8 Å². The highest BCUT2D eigenvalue weighted by Gasteiger charge is 2.28. The van der Waals surface area contributed by atoms with Crippen molar-refractivity contribution < 1.29 is 0 Å². The van der Waals surface area contributed by atoms with Gasteiger partial charge in [-0.25, -0.2) is 0 Å². The van der Waals surface area contributed by atoms with Gasteiger partial charge in [0.25, 0.3) is 0 Å². The molecule has 2 atom stereocenters. The van der Waals surface area contributed by atoms with E-state index in [1.807, 2.05) is 7.05 Å². The highest BCUT2D eigenvalue weighted by Crippen LogP contribution is 2.18.